The van der Waals surface area contributed by atoms with Crippen LogP contribution in [0.15, 0.2) is 33.8 Å². The molecule has 0 atom stereocenters. The summed E-state index contributed by atoms with van der Waals surface area (Å²) in [4.78, 5) is 4.31. The molecule has 0 spiro atoms. The third-order valence-corrected chi connectivity index (χ3v) is 4.30. The highest BCUT2D eigenvalue weighted by Gasteiger charge is 2.13. The van der Waals surface area contributed by atoms with E-state index in [9.17, 15) is 0 Å². The molecule has 148 valence electrons. The van der Waals surface area contributed by atoms with Crippen molar-refractivity contribution in [3.8, 4) is 0 Å². The molecule has 1 aromatic heterocycles. The molecule has 0 aliphatic carbocycles. The van der Waals surface area contributed by atoms with Crippen LogP contribution in [-0.4, -0.2) is 24.3 Å². The first-order chi connectivity index (χ1) is 13.1. The van der Waals surface area contributed by atoms with E-state index in [1.807, 2.05) is 13.8 Å². The fourth-order valence-electron chi connectivity index (χ4n) is 2.81. The Morgan fingerprint density at radius 2 is 1.89 bits per heavy atom. The van der Waals surface area contributed by atoms with Crippen molar-refractivity contribution >= 4 is 5.96 Å². The lowest BCUT2D eigenvalue weighted by molar-refractivity contribution is 0.0657. The minimum Gasteiger partial charge on any atom is -0.374 e. The summed E-state index contributed by atoms with van der Waals surface area (Å²) < 4.78 is 11.1. The van der Waals surface area contributed by atoms with Crippen molar-refractivity contribution in [2.75, 3.05) is 7.05 Å². The van der Waals surface area contributed by atoms with Crippen molar-refractivity contribution in [1.82, 2.24) is 15.8 Å². The summed E-state index contributed by atoms with van der Waals surface area (Å²) in [6, 6.07) is 8.41. The zero-order valence-electron chi connectivity index (χ0n) is 17.1. The van der Waals surface area contributed by atoms with Crippen molar-refractivity contribution in [3.63, 3.8) is 0 Å². The van der Waals surface area contributed by atoms with Crippen LogP contribution in [0.4, 0.5) is 0 Å². The lowest BCUT2D eigenvalue weighted by atomic mass is 10.1. The first-order valence-electron chi connectivity index (χ1n) is 9.67. The minimum absolute atomic E-state index is 0.230. The molecule has 0 fully saturated rings. The molecule has 1 heterocycles. The maximum absolute atomic E-state index is 5.68. The molecule has 2 N–H and O–H groups in total. The number of hydrogen-bond donors (Lipinski definition) is 2. The number of guanidine groups is 1. The molecular weight excluding hydrogens is 340 g/mol. The van der Waals surface area contributed by atoms with E-state index in [0.717, 1.165) is 35.8 Å². The van der Waals surface area contributed by atoms with Crippen LogP contribution in [-0.2, 0) is 37.3 Å². The SMILES string of the molecule is CCc1noc(CC)c1CNC(=NC)NCc1cccc(COC(C)C)c1. The van der Waals surface area contributed by atoms with Gasteiger partial charge in [-0.15, -0.1) is 0 Å². The Morgan fingerprint density at radius 3 is 2.56 bits per heavy atom. The Balaban J connectivity index is 1.91. The molecule has 2 aromatic rings. The summed E-state index contributed by atoms with van der Waals surface area (Å²) in [5, 5.41) is 10.9. The summed E-state index contributed by atoms with van der Waals surface area (Å²) in [7, 11) is 1.78. The highest BCUT2D eigenvalue weighted by Crippen LogP contribution is 2.15. The molecule has 6 heteroatoms. The second kappa shape index (κ2) is 10.7. The first kappa shape index (κ1) is 21.0. The third-order valence-electron chi connectivity index (χ3n) is 4.30. The van der Waals surface area contributed by atoms with Crippen LogP contribution in [0.1, 0.15) is 55.8 Å². The van der Waals surface area contributed by atoms with Gasteiger partial charge in [-0.1, -0.05) is 43.3 Å². The number of aromatic nitrogens is 1. The van der Waals surface area contributed by atoms with E-state index in [1.165, 1.54) is 11.1 Å². The molecule has 2 rings (SSSR count). The quantitative estimate of drug-likeness (QED) is 0.520. The Morgan fingerprint density at radius 1 is 1.15 bits per heavy atom. The van der Waals surface area contributed by atoms with Gasteiger partial charge in [-0.2, -0.15) is 0 Å². The van der Waals surface area contributed by atoms with Gasteiger partial charge in [0.15, 0.2) is 5.96 Å². The molecular formula is C21H32N4O2. The predicted octanol–water partition coefficient (Wildman–Crippen LogP) is 3.59. The lowest BCUT2D eigenvalue weighted by Gasteiger charge is -2.13. The third kappa shape index (κ3) is 6.40. The van der Waals surface area contributed by atoms with Crippen LogP contribution >= 0.6 is 0 Å². The highest BCUT2D eigenvalue weighted by atomic mass is 16.5. The molecule has 0 unspecified atom stereocenters. The number of rotatable bonds is 9. The van der Waals surface area contributed by atoms with Crippen molar-refractivity contribution in [2.24, 2.45) is 4.99 Å². The number of benzene rings is 1. The smallest absolute Gasteiger partial charge is 0.191 e. The van der Waals surface area contributed by atoms with Gasteiger partial charge in [0.1, 0.15) is 5.76 Å². The zero-order chi connectivity index (χ0) is 19.6. The van der Waals surface area contributed by atoms with E-state index in [1.54, 1.807) is 7.05 Å². The van der Waals surface area contributed by atoms with Gasteiger partial charge in [0.25, 0.3) is 0 Å². The van der Waals surface area contributed by atoms with E-state index in [2.05, 4.69) is 58.9 Å². The molecule has 0 radical (unpaired) electrons. The minimum atomic E-state index is 0.230. The van der Waals surface area contributed by atoms with Crippen molar-refractivity contribution in [3.05, 3.63) is 52.4 Å². The summed E-state index contributed by atoms with van der Waals surface area (Å²) in [6.07, 6.45) is 1.92. The van der Waals surface area contributed by atoms with Crippen LogP contribution in [0.2, 0.25) is 0 Å². The summed E-state index contributed by atoms with van der Waals surface area (Å²) in [5.74, 6) is 1.69. The fraction of sp³-hybridized carbons (Fsp3) is 0.524. The highest BCUT2D eigenvalue weighted by molar-refractivity contribution is 5.79. The number of aliphatic imine (C=N–C) groups is 1. The van der Waals surface area contributed by atoms with Gasteiger partial charge in [0.05, 0.1) is 18.4 Å². The topological polar surface area (TPSA) is 71.7 Å². The first-order valence-corrected chi connectivity index (χ1v) is 9.67. The van der Waals surface area contributed by atoms with E-state index in [0.29, 0.717) is 19.7 Å². The van der Waals surface area contributed by atoms with Gasteiger partial charge < -0.3 is 19.9 Å². The van der Waals surface area contributed by atoms with Gasteiger partial charge in [0.2, 0.25) is 0 Å². The summed E-state index contributed by atoms with van der Waals surface area (Å²) >= 11 is 0. The van der Waals surface area contributed by atoms with Gasteiger partial charge in [-0.25, -0.2) is 0 Å². The number of nitrogens with zero attached hydrogens (tertiary/aromatic N) is 2. The predicted molar refractivity (Wildman–Crippen MR) is 109 cm³/mol. The molecule has 0 aliphatic rings. The molecule has 27 heavy (non-hydrogen) atoms. The molecule has 1 aromatic carbocycles. The zero-order valence-corrected chi connectivity index (χ0v) is 17.1. The Bertz CT molecular complexity index is 716. The normalized spacial score (nSPS) is 11.9. The van der Waals surface area contributed by atoms with Gasteiger partial charge in [-0.3, -0.25) is 4.99 Å². The molecule has 0 aliphatic heterocycles. The van der Waals surface area contributed by atoms with Crippen LogP contribution < -0.4 is 10.6 Å². The van der Waals surface area contributed by atoms with Gasteiger partial charge in [-0.05, 0) is 31.4 Å². The standard InChI is InChI=1S/C21H32N4O2/c1-6-19-18(20(7-2)27-25-19)13-24-21(22-5)23-12-16-9-8-10-17(11-16)14-26-15(3)4/h8-11,15H,6-7,12-14H2,1-5H3,(H2,22,23,24). The largest absolute Gasteiger partial charge is 0.374 e. The average molecular weight is 373 g/mol. The van der Waals surface area contributed by atoms with Gasteiger partial charge >= 0.3 is 0 Å². The van der Waals surface area contributed by atoms with Crippen LogP contribution in [0.3, 0.4) is 0 Å². The van der Waals surface area contributed by atoms with Crippen molar-refractivity contribution in [1.29, 1.82) is 0 Å². The lowest BCUT2D eigenvalue weighted by Crippen LogP contribution is -2.36. The van der Waals surface area contributed by atoms with Crippen molar-refractivity contribution in [2.45, 2.75) is 66.3 Å². The number of hydrogen-bond acceptors (Lipinski definition) is 4. The number of nitrogens with one attached hydrogen (secondary N) is 2. The van der Waals surface area contributed by atoms with Crippen LogP contribution in [0, 0.1) is 0 Å². The molecule has 0 saturated heterocycles. The van der Waals surface area contributed by atoms with E-state index < -0.39 is 0 Å². The fourth-order valence-corrected chi connectivity index (χ4v) is 2.81. The van der Waals surface area contributed by atoms with E-state index in [-0.39, 0.29) is 6.10 Å². The maximum atomic E-state index is 5.68. The Hall–Kier alpha value is -2.34. The second-order valence-electron chi connectivity index (χ2n) is 6.70. The summed E-state index contributed by atoms with van der Waals surface area (Å²) in [6.45, 7) is 10.2. The summed E-state index contributed by atoms with van der Waals surface area (Å²) in [5.41, 5.74) is 4.51. The molecule has 0 bridgehead atoms. The van der Waals surface area contributed by atoms with E-state index in [4.69, 9.17) is 9.26 Å². The molecule has 0 saturated carbocycles. The van der Waals surface area contributed by atoms with E-state index >= 15 is 0 Å². The maximum Gasteiger partial charge on any atom is 0.191 e. The average Bonchev–Trinajstić information content (AvgIpc) is 3.09. The second-order valence-corrected chi connectivity index (χ2v) is 6.70. The number of ether oxygens (including phenoxy) is 1. The van der Waals surface area contributed by atoms with Gasteiger partial charge in [0, 0.05) is 32.1 Å². The Kier molecular flexibility index (Phi) is 8.33. The molecule has 6 nitrogen and oxygen atoms in total. The van der Waals surface area contributed by atoms with Crippen molar-refractivity contribution < 1.29 is 9.26 Å². The molecule has 0 amide bonds. The van der Waals surface area contributed by atoms with Crippen LogP contribution in [0.25, 0.3) is 0 Å². The monoisotopic (exact) mass is 372 g/mol. The Labute approximate surface area is 162 Å². The number of aryl methyl sites for hydroxylation is 2. The van der Waals surface area contributed by atoms with Crippen LogP contribution in [0.5, 0.6) is 0 Å².